The van der Waals surface area contributed by atoms with Crippen molar-refractivity contribution in [2.24, 2.45) is 0 Å². The SMILES string of the molecule is COC(=O)CCN(C)CC(=O)N1c2ccccc2CC1C. The second kappa shape index (κ2) is 6.72. The molecule has 1 heterocycles. The van der Waals surface area contributed by atoms with Crippen molar-refractivity contribution in [2.75, 3.05) is 32.1 Å². The molecule has 21 heavy (non-hydrogen) atoms. The van der Waals surface area contributed by atoms with Crippen molar-refractivity contribution < 1.29 is 14.3 Å². The zero-order valence-corrected chi connectivity index (χ0v) is 12.8. The zero-order valence-electron chi connectivity index (χ0n) is 12.8. The topological polar surface area (TPSA) is 49.9 Å². The van der Waals surface area contributed by atoms with Gasteiger partial charge in [0.1, 0.15) is 0 Å². The molecule has 1 aliphatic rings. The maximum Gasteiger partial charge on any atom is 0.306 e. The first-order chi connectivity index (χ1) is 10.0. The van der Waals surface area contributed by atoms with E-state index in [1.54, 1.807) is 0 Å². The van der Waals surface area contributed by atoms with Crippen LogP contribution in [-0.2, 0) is 20.7 Å². The van der Waals surface area contributed by atoms with Gasteiger partial charge in [-0.1, -0.05) is 18.2 Å². The fourth-order valence-electron chi connectivity index (χ4n) is 2.72. The minimum absolute atomic E-state index is 0.0693. The van der Waals surface area contributed by atoms with E-state index in [-0.39, 0.29) is 17.9 Å². The molecule has 1 atom stereocenters. The predicted molar refractivity (Wildman–Crippen MR) is 81.2 cm³/mol. The minimum Gasteiger partial charge on any atom is -0.469 e. The van der Waals surface area contributed by atoms with E-state index >= 15 is 0 Å². The highest BCUT2D eigenvalue weighted by molar-refractivity contribution is 5.97. The van der Waals surface area contributed by atoms with Crippen LogP contribution in [0.2, 0.25) is 0 Å². The van der Waals surface area contributed by atoms with Gasteiger partial charge in [0.15, 0.2) is 0 Å². The van der Waals surface area contributed by atoms with Gasteiger partial charge in [0.05, 0.1) is 20.1 Å². The standard InChI is InChI=1S/C16H22N2O3/c1-12-10-13-6-4-5-7-14(13)18(12)15(19)11-17(2)9-8-16(20)21-3/h4-7,12H,8-11H2,1-3H3. The Morgan fingerprint density at radius 2 is 2.10 bits per heavy atom. The van der Waals surface area contributed by atoms with Gasteiger partial charge >= 0.3 is 5.97 Å². The molecule has 0 saturated heterocycles. The zero-order chi connectivity index (χ0) is 15.4. The maximum absolute atomic E-state index is 12.5. The summed E-state index contributed by atoms with van der Waals surface area (Å²) in [6, 6.07) is 8.20. The third-order valence-corrected chi connectivity index (χ3v) is 3.81. The predicted octanol–water partition coefficient (Wildman–Crippen LogP) is 1.46. The van der Waals surface area contributed by atoms with E-state index in [4.69, 9.17) is 0 Å². The summed E-state index contributed by atoms with van der Waals surface area (Å²) in [5.74, 6) is -0.186. The van der Waals surface area contributed by atoms with Crippen LogP contribution in [0.25, 0.3) is 0 Å². The van der Waals surface area contributed by atoms with E-state index in [2.05, 4.69) is 17.7 Å². The number of benzene rings is 1. The molecule has 5 heteroatoms. The molecule has 1 amide bonds. The van der Waals surface area contributed by atoms with Crippen molar-refractivity contribution in [2.45, 2.75) is 25.8 Å². The Balaban J connectivity index is 1.96. The number of hydrogen-bond donors (Lipinski definition) is 0. The van der Waals surface area contributed by atoms with E-state index in [9.17, 15) is 9.59 Å². The molecule has 0 saturated carbocycles. The van der Waals surface area contributed by atoms with Gasteiger partial charge in [0.2, 0.25) is 5.91 Å². The molecule has 0 radical (unpaired) electrons. The lowest BCUT2D eigenvalue weighted by molar-refractivity contribution is -0.141. The first-order valence-corrected chi connectivity index (χ1v) is 7.18. The number of fused-ring (bicyclic) bond motifs is 1. The van der Waals surface area contributed by atoms with Crippen molar-refractivity contribution in [3.05, 3.63) is 29.8 Å². The second-order valence-corrected chi connectivity index (χ2v) is 5.51. The highest BCUT2D eigenvalue weighted by Crippen LogP contribution is 2.31. The summed E-state index contributed by atoms with van der Waals surface area (Å²) in [5.41, 5.74) is 2.23. The number of para-hydroxylation sites is 1. The van der Waals surface area contributed by atoms with Gasteiger partial charge < -0.3 is 9.64 Å². The molecule has 0 spiro atoms. The lowest BCUT2D eigenvalue weighted by atomic mass is 10.1. The number of nitrogens with zero attached hydrogens (tertiary/aromatic N) is 2. The third-order valence-electron chi connectivity index (χ3n) is 3.81. The maximum atomic E-state index is 12.5. The molecule has 5 nitrogen and oxygen atoms in total. The molecular formula is C16H22N2O3. The molecule has 0 aliphatic carbocycles. The van der Waals surface area contributed by atoms with Gasteiger partial charge in [-0.25, -0.2) is 0 Å². The Morgan fingerprint density at radius 1 is 1.38 bits per heavy atom. The summed E-state index contributed by atoms with van der Waals surface area (Å²) < 4.78 is 4.61. The Bertz CT molecular complexity index is 530. The van der Waals surface area contributed by atoms with Crippen LogP contribution in [0.1, 0.15) is 18.9 Å². The molecule has 0 N–H and O–H groups in total. The molecule has 114 valence electrons. The molecular weight excluding hydrogens is 268 g/mol. The molecule has 1 aromatic carbocycles. The third kappa shape index (κ3) is 3.61. The summed E-state index contributed by atoms with van der Waals surface area (Å²) >= 11 is 0. The number of ether oxygens (including phenoxy) is 1. The van der Waals surface area contributed by atoms with E-state index in [0.29, 0.717) is 19.5 Å². The van der Waals surface area contributed by atoms with Crippen LogP contribution in [0.5, 0.6) is 0 Å². The number of methoxy groups -OCH3 is 1. The highest BCUT2D eigenvalue weighted by atomic mass is 16.5. The molecule has 0 fully saturated rings. The highest BCUT2D eigenvalue weighted by Gasteiger charge is 2.30. The fourth-order valence-corrected chi connectivity index (χ4v) is 2.72. The summed E-state index contributed by atoms with van der Waals surface area (Å²) in [4.78, 5) is 27.4. The first kappa shape index (κ1) is 15.5. The smallest absolute Gasteiger partial charge is 0.306 e. The molecule has 1 unspecified atom stereocenters. The largest absolute Gasteiger partial charge is 0.469 e. The fraction of sp³-hybridized carbons (Fsp3) is 0.500. The van der Waals surface area contributed by atoms with Crippen LogP contribution in [0.15, 0.2) is 24.3 Å². The Kier molecular flexibility index (Phi) is 4.96. The van der Waals surface area contributed by atoms with Crippen LogP contribution < -0.4 is 4.90 Å². The number of likely N-dealkylation sites (N-methyl/N-ethyl adjacent to an activating group) is 1. The van der Waals surface area contributed by atoms with Gasteiger partial charge in [-0.2, -0.15) is 0 Å². The van der Waals surface area contributed by atoms with E-state index in [0.717, 1.165) is 12.1 Å². The average Bonchev–Trinajstić information content (AvgIpc) is 2.80. The molecule has 0 bridgehead atoms. The van der Waals surface area contributed by atoms with Gasteiger partial charge in [0.25, 0.3) is 0 Å². The normalized spacial score (nSPS) is 17.0. The molecule has 2 rings (SSSR count). The number of amides is 1. The number of carbonyl (C=O) groups excluding carboxylic acids is 2. The Morgan fingerprint density at radius 3 is 2.81 bits per heavy atom. The first-order valence-electron chi connectivity index (χ1n) is 7.18. The second-order valence-electron chi connectivity index (χ2n) is 5.51. The Labute approximate surface area is 125 Å². The quantitative estimate of drug-likeness (QED) is 0.770. The Hall–Kier alpha value is -1.88. The van der Waals surface area contributed by atoms with Crippen molar-refractivity contribution in [1.29, 1.82) is 0 Å². The van der Waals surface area contributed by atoms with Crippen molar-refractivity contribution >= 4 is 17.6 Å². The lowest BCUT2D eigenvalue weighted by Gasteiger charge is -2.25. The van der Waals surface area contributed by atoms with Gasteiger partial charge in [-0.15, -0.1) is 0 Å². The number of hydrogen-bond acceptors (Lipinski definition) is 4. The van der Waals surface area contributed by atoms with Crippen LogP contribution in [-0.4, -0.2) is 50.1 Å². The van der Waals surface area contributed by atoms with E-state index in [1.165, 1.54) is 12.7 Å². The summed E-state index contributed by atoms with van der Waals surface area (Å²) in [5, 5.41) is 0. The van der Waals surface area contributed by atoms with Crippen LogP contribution in [0.4, 0.5) is 5.69 Å². The van der Waals surface area contributed by atoms with Crippen LogP contribution >= 0.6 is 0 Å². The number of rotatable bonds is 5. The number of esters is 1. The molecule has 0 aromatic heterocycles. The van der Waals surface area contributed by atoms with Crippen LogP contribution in [0.3, 0.4) is 0 Å². The summed E-state index contributed by atoms with van der Waals surface area (Å²) in [7, 11) is 3.21. The minimum atomic E-state index is -0.255. The monoisotopic (exact) mass is 290 g/mol. The summed E-state index contributed by atoms with van der Waals surface area (Å²) in [6.07, 6.45) is 1.19. The molecule has 1 aromatic rings. The van der Waals surface area contributed by atoms with Crippen molar-refractivity contribution in [3.63, 3.8) is 0 Å². The van der Waals surface area contributed by atoms with E-state index < -0.39 is 0 Å². The lowest BCUT2D eigenvalue weighted by Crippen LogP contribution is -2.42. The summed E-state index contributed by atoms with van der Waals surface area (Å²) in [6.45, 7) is 2.88. The van der Waals surface area contributed by atoms with E-state index in [1.807, 2.05) is 35.0 Å². The molecule has 1 aliphatic heterocycles. The average molecular weight is 290 g/mol. The number of carbonyl (C=O) groups is 2. The van der Waals surface area contributed by atoms with Gasteiger partial charge in [-0.3, -0.25) is 14.5 Å². The van der Waals surface area contributed by atoms with Gasteiger partial charge in [-0.05, 0) is 32.0 Å². The van der Waals surface area contributed by atoms with Crippen molar-refractivity contribution in [1.82, 2.24) is 4.90 Å². The van der Waals surface area contributed by atoms with Gasteiger partial charge in [0, 0.05) is 18.3 Å². The van der Waals surface area contributed by atoms with Crippen LogP contribution in [0, 0.1) is 0 Å². The van der Waals surface area contributed by atoms with Crippen molar-refractivity contribution in [3.8, 4) is 0 Å². The number of anilines is 1.